The number of alkyl halides is 1. The van der Waals surface area contributed by atoms with Gasteiger partial charge in [0.05, 0.1) is 4.92 Å². The zero-order chi connectivity index (χ0) is 13.7. The predicted molar refractivity (Wildman–Crippen MR) is 79.2 cm³/mol. The van der Waals surface area contributed by atoms with Crippen molar-refractivity contribution in [2.75, 3.05) is 5.33 Å². The lowest BCUT2D eigenvalue weighted by Crippen LogP contribution is -1.98. The van der Waals surface area contributed by atoms with Gasteiger partial charge in [0, 0.05) is 17.0 Å². The van der Waals surface area contributed by atoms with Crippen LogP contribution in [0.2, 0.25) is 0 Å². The molecule has 0 unspecified atom stereocenters. The van der Waals surface area contributed by atoms with Gasteiger partial charge in [-0.1, -0.05) is 60.5 Å². The van der Waals surface area contributed by atoms with Gasteiger partial charge in [-0.25, -0.2) is 0 Å². The highest BCUT2D eigenvalue weighted by Gasteiger charge is 2.16. The van der Waals surface area contributed by atoms with E-state index in [0.29, 0.717) is 0 Å². The van der Waals surface area contributed by atoms with E-state index in [4.69, 9.17) is 0 Å². The number of allylic oxidation sites excluding steroid dienone is 1. The second kappa shape index (κ2) is 6.69. The largest absolute Gasteiger partial charge is 0.273 e. The Morgan fingerprint density at radius 2 is 2.17 bits per heavy atom. The minimum atomic E-state index is -0.299. The van der Waals surface area contributed by atoms with Gasteiger partial charge in [0.25, 0.3) is 5.69 Å². The summed E-state index contributed by atoms with van der Waals surface area (Å²) in [5.74, 6) is 0.158. The molecular formula is C14H18BrNO2. The molecule has 4 heteroatoms. The first-order valence-electron chi connectivity index (χ1n) is 6.03. The lowest BCUT2D eigenvalue weighted by atomic mass is 9.98. The number of nitro benzene ring substituents is 1. The molecule has 0 heterocycles. The molecule has 1 aromatic rings. The molecule has 1 rings (SSSR count). The van der Waals surface area contributed by atoms with Gasteiger partial charge >= 0.3 is 0 Å². The summed E-state index contributed by atoms with van der Waals surface area (Å²) in [4.78, 5) is 10.8. The molecule has 0 aliphatic carbocycles. The molecule has 0 bridgehead atoms. The van der Waals surface area contributed by atoms with E-state index < -0.39 is 0 Å². The summed E-state index contributed by atoms with van der Waals surface area (Å²) in [6.45, 7) is 6.01. The maximum Gasteiger partial charge on any atom is 0.273 e. The summed E-state index contributed by atoms with van der Waals surface area (Å²) in [6, 6.07) is 5.46. The minimum Gasteiger partial charge on any atom is -0.258 e. The van der Waals surface area contributed by atoms with E-state index in [-0.39, 0.29) is 16.5 Å². The second-order valence-corrected chi connectivity index (χ2v) is 5.08. The van der Waals surface area contributed by atoms with E-state index in [1.54, 1.807) is 6.07 Å². The van der Waals surface area contributed by atoms with Crippen molar-refractivity contribution < 1.29 is 4.92 Å². The zero-order valence-corrected chi connectivity index (χ0v) is 12.5. The Kier molecular flexibility index (Phi) is 5.54. The number of rotatable bonds is 5. The number of benzene rings is 1. The number of nitro groups is 1. The summed E-state index contributed by atoms with van der Waals surface area (Å²) >= 11 is 3.42. The molecule has 98 valence electrons. The molecule has 0 fully saturated rings. The van der Waals surface area contributed by atoms with Gasteiger partial charge in [0.2, 0.25) is 0 Å². The Morgan fingerprint density at radius 1 is 1.50 bits per heavy atom. The summed E-state index contributed by atoms with van der Waals surface area (Å²) in [5, 5.41) is 11.9. The third kappa shape index (κ3) is 3.67. The first-order valence-corrected chi connectivity index (χ1v) is 7.15. The molecule has 0 radical (unpaired) electrons. The van der Waals surface area contributed by atoms with Crippen molar-refractivity contribution in [2.45, 2.75) is 33.1 Å². The number of hydrogen-bond acceptors (Lipinski definition) is 2. The first-order chi connectivity index (χ1) is 8.49. The van der Waals surface area contributed by atoms with Crippen LogP contribution in [0.1, 0.15) is 44.2 Å². The summed E-state index contributed by atoms with van der Waals surface area (Å²) in [5.41, 5.74) is 3.11. The Bertz CT molecular complexity index is 461. The molecule has 0 aliphatic rings. The van der Waals surface area contributed by atoms with Crippen molar-refractivity contribution in [3.05, 3.63) is 45.0 Å². The van der Waals surface area contributed by atoms with Crippen LogP contribution in [0, 0.1) is 10.1 Å². The van der Waals surface area contributed by atoms with Crippen LogP contribution in [0.4, 0.5) is 5.69 Å². The average Bonchev–Trinajstić information content (AvgIpc) is 2.35. The summed E-state index contributed by atoms with van der Waals surface area (Å²) < 4.78 is 0. The van der Waals surface area contributed by atoms with Crippen LogP contribution in [-0.2, 0) is 0 Å². The standard InChI is InChI=1S/C14H18BrNO2/c1-4-11(9-15)7-12-5-6-13(10(2)3)14(8-12)16(17)18/h5-8,10H,4,9H2,1-3H3. The van der Waals surface area contributed by atoms with Crippen molar-refractivity contribution >= 4 is 27.7 Å². The van der Waals surface area contributed by atoms with Crippen LogP contribution in [0.3, 0.4) is 0 Å². The SMILES string of the molecule is CCC(=Cc1ccc(C(C)C)c([N+](=O)[O-])c1)CBr. The van der Waals surface area contributed by atoms with Crippen LogP contribution in [0.5, 0.6) is 0 Å². The highest BCUT2D eigenvalue weighted by atomic mass is 79.9. The molecule has 0 saturated heterocycles. The van der Waals surface area contributed by atoms with E-state index in [9.17, 15) is 10.1 Å². The maximum atomic E-state index is 11.1. The van der Waals surface area contributed by atoms with Gasteiger partial charge in [-0.3, -0.25) is 10.1 Å². The quantitative estimate of drug-likeness (QED) is 0.440. The lowest BCUT2D eigenvalue weighted by Gasteiger charge is -2.07. The number of hydrogen-bond donors (Lipinski definition) is 0. The van der Waals surface area contributed by atoms with Crippen LogP contribution >= 0.6 is 15.9 Å². The smallest absolute Gasteiger partial charge is 0.258 e. The third-order valence-corrected chi connectivity index (χ3v) is 3.59. The number of halogens is 1. The molecular weight excluding hydrogens is 294 g/mol. The van der Waals surface area contributed by atoms with Gasteiger partial charge in [-0.2, -0.15) is 0 Å². The average molecular weight is 312 g/mol. The van der Waals surface area contributed by atoms with Crippen molar-refractivity contribution in [3.8, 4) is 0 Å². The fourth-order valence-electron chi connectivity index (χ4n) is 1.77. The molecule has 3 nitrogen and oxygen atoms in total. The van der Waals surface area contributed by atoms with Crippen molar-refractivity contribution in [2.24, 2.45) is 0 Å². The van der Waals surface area contributed by atoms with E-state index >= 15 is 0 Å². The minimum absolute atomic E-state index is 0.158. The highest BCUT2D eigenvalue weighted by molar-refractivity contribution is 9.09. The van der Waals surface area contributed by atoms with Gasteiger partial charge in [-0.15, -0.1) is 0 Å². The van der Waals surface area contributed by atoms with E-state index in [1.165, 1.54) is 5.57 Å². The molecule has 0 saturated carbocycles. The molecule has 1 aromatic carbocycles. The first kappa shape index (κ1) is 14.9. The predicted octanol–water partition coefficient (Wildman–Crippen LogP) is 4.91. The van der Waals surface area contributed by atoms with Gasteiger partial charge in [-0.05, 0) is 17.9 Å². The van der Waals surface area contributed by atoms with Gasteiger partial charge in [0.15, 0.2) is 0 Å². The highest BCUT2D eigenvalue weighted by Crippen LogP contribution is 2.28. The van der Waals surface area contributed by atoms with Crippen molar-refractivity contribution in [3.63, 3.8) is 0 Å². The van der Waals surface area contributed by atoms with E-state index in [0.717, 1.165) is 22.9 Å². The fraction of sp³-hybridized carbons (Fsp3) is 0.429. The molecule has 0 atom stereocenters. The fourth-order valence-corrected chi connectivity index (χ4v) is 2.33. The van der Waals surface area contributed by atoms with Gasteiger partial charge < -0.3 is 0 Å². The zero-order valence-electron chi connectivity index (χ0n) is 10.9. The summed E-state index contributed by atoms with van der Waals surface area (Å²) in [6.07, 6.45) is 2.94. The van der Waals surface area contributed by atoms with Crippen LogP contribution in [0.25, 0.3) is 6.08 Å². The Labute approximate surface area is 116 Å². The molecule has 0 amide bonds. The van der Waals surface area contributed by atoms with E-state index in [2.05, 4.69) is 22.9 Å². The van der Waals surface area contributed by atoms with Crippen LogP contribution in [0.15, 0.2) is 23.8 Å². The van der Waals surface area contributed by atoms with Crippen molar-refractivity contribution in [1.29, 1.82) is 0 Å². The second-order valence-electron chi connectivity index (χ2n) is 4.52. The molecule has 0 aliphatic heterocycles. The Morgan fingerprint density at radius 3 is 2.61 bits per heavy atom. The lowest BCUT2D eigenvalue weighted by molar-refractivity contribution is -0.385. The topological polar surface area (TPSA) is 43.1 Å². The Hall–Kier alpha value is -1.16. The van der Waals surface area contributed by atoms with E-state index in [1.807, 2.05) is 32.1 Å². The normalized spacial score (nSPS) is 11.9. The molecule has 0 spiro atoms. The third-order valence-electron chi connectivity index (χ3n) is 2.87. The maximum absolute atomic E-state index is 11.1. The molecule has 0 aromatic heterocycles. The molecule has 18 heavy (non-hydrogen) atoms. The van der Waals surface area contributed by atoms with Gasteiger partial charge in [0.1, 0.15) is 0 Å². The monoisotopic (exact) mass is 311 g/mol. The molecule has 0 N–H and O–H groups in total. The van der Waals surface area contributed by atoms with Crippen LogP contribution < -0.4 is 0 Å². The summed E-state index contributed by atoms with van der Waals surface area (Å²) in [7, 11) is 0. The van der Waals surface area contributed by atoms with Crippen LogP contribution in [-0.4, -0.2) is 10.3 Å². The Balaban J connectivity index is 3.23. The number of nitrogens with zero attached hydrogens (tertiary/aromatic N) is 1. The van der Waals surface area contributed by atoms with Crippen molar-refractivity contribution in [1.82, 2.24) is 0 Å².